The van der Waals surface area contributed by atoms with Crippen molar-refractivity contribution in [3.8, 4) is 11.5 Å². The number of ether oxygens (including phenoxy) is 2. The van der Waals surface area contributed by atoms with Crippen LogP contribution in [0.3, 0.4) is 0 Å². The van der Waals surface area contributed by atoms with Gasteiger partial charge in [-0.1, -0.05) is 72.5 Å². The van der Waals surface area contributed by atoms with Crippen molar-refractivity contribution < 1.29 is 9.47 Å². The standard InChI is InChI=1S/C32H30N2O2PS/c1-21-9-7-8-12-23(21)28-24-13-15-26-29(35-19-17-33(26)2)31(24)37(38,22-10-5-4-6-11-22)32-25(28)14-16-27-30(32)36-20-18-34(27)3/h4-16H,17-20H2,1-3H3/q+1. The maximum absolute atomic E-state index is 7.01. The number of fused-ring (bicyclic) bond motifs is 6. The van der Waals surface area contributed by atoms with Crippen LogP contribution in [-0.4, -0.2) is 40.4 Å². The third kappa shape index (κ3) is 3.28. The monoisotopic (exact) mass is 537 g/mol. The first kappa shape index (κ1) is 23.7. The molecule has 0 saturated heterocycles. The van der Waals surface area contributed by atoms with Crippen LogP contribution in [0.1, 0.15) is 16.7 Å². The maximum atomic E-state index is 7.01. The molecule has 190 valence electrons. The number of hydrogen-bond donors (Lipinski definition) is 0. The van der Waals surface area contributed by atoms with E-state index in [9.17, 15) is 0 Å². The summed E-state index contributed by atoms with van der Waals surface area (Å²) in [6, 6.07) is 25.7. The first-order chi connectivity index (χ1) is 18.5. The minimum atomic E-state index is -2.58. The van der Waals surface area contributed by atoms with Gasteiger partial charge in [0.15, 0.2) is 12.3 Å². The molecule has 0 N–H and O–H groups in total. The van der Waals surface area contributed by atoms with E-state index in [1.807, 2.05) is 0 Å². The first-order valence-electron chi connectivity index (χ1n) is 13.1. The number of anilines is 1. The molecule has 0 bridgehead atoms. The minimum absolute atomic E-state index is 0.642. The van der Waals surface area contributed by atoms with Gasteiger partial charge in [-0.25, -0.2) is 4.58 Å². The Morgan fingerprint density at radius 3 is 2.39 bits per heavy atom. The van der Waals surface area contributed by atoms with Crippen molar-refractivity contribution >= 4 is 45.0 Å². The highest BCUT2D eigenvalue weighted by Gasteiger charge is 2.42. The molecule has 1 unspecified atom stereocenters. The molecule has 0 saturated carbocycles. The third-order valence-corrected chi connectivity index (χ3v) is 13.0. The Bertz CT molecular complexity index is 1800. The summed E-state index contributed by atoms with van der Waals surface area (Å²) < 4.78 is 15.4. The zero-order chi connectivity index (χ0) is 26.0. The van der Waals surface area contributed by atoms with E-state index in [-0.39, 0.29) is 0 Å². The summed E-state index contributed by atoms with van der Waals surface area (Å²) >= 11 is 7.01. The van der Waals surface area contributed by atoms with Crippen LogP contribution >= 0.6 is 6.04 Å². The highest BCUT2D eigenvalue weighted by Crippen LogP contribution is 2.53. The predicted molar refractivity (Wildman–Crippen MR) is 161 cm³/mol. The molecular formula is C32H30N2O2PS+. The predicted octanol–water partition coefficient (Wildman–Crippen LogP) is 2.65. The quantitative estimate of drug-likeness (QED) is 0.255. The first-order valence-corrected chi connectivity index (χ1v) is 15.9. The van der Waals surface area contributed by atoms with Gasteiger partial charge in [-0.3, -0.25) is 0 Å². The van der Waals surface area contributed by atoms with E-state index in [0.717, 1.165) is 51.5 Å². The maximum Gasteiger partial charge on any atom is 0.243 e. The highest BCUT2D eigenvalue weighted by molar-refractivity contribution is 8.25. The molecule has 7 rings (SSSR count). The van der Waals surface area contributed by atoms with Crippen LogP contribution in [0.5, 0.6) is 11.5 Å². The number of hydrogen-bond acceptors (Lipinski definition) is 4. The van der Waals surface area contributed by atoms with Gasteiger partial charge < -0.3 is 14.4 Å². The Hall–Kier alpha value is -3.40. The van der Waals surface area contributed by atoms with E-state index in [1.165, 1.54) is 27.5 Å². The van der Waals surface area contributed by atoms with E-state index in [4.69, 9.17) is 21.3 Å². The van der Waals surface area contributed by atoms with E-state index < -0.39 is 6.04 Å². The van der Waals surface area contributed by atoms with Crippen LogP contribution in [0.15, 0.2) is 78.9 Å². The van der Waals surface area contributed by atoms with Gasteiger partial charge in [0.25, 0.3) is 0 Å². The Kier molecular flexibility index (Phi) is 5.51. The molecule has 4 nitrogen and oxygen atoms in total. The number of aryl methyl sites for hydroxylation is 1. The van der Waals surface area contributed by atoms with E-state index >= 15 is 0 Å². The van der Waals surface area contributed by atoms with Gasteiger partial charge in [0.05, 0.1) is 17.5 Å². The largest absolute Gasteiger partial charge is 0.489 e. The van der Waals surface area contributed by atoms with Crippen LogP contribution < -0.4 is 45.4 Å². The second-order valence-electron chi connectivity index (χ2n) is 10.3. The van der Waals surface area contributed by atoms with Gasteiger partial charge >= 0.3 is 0 Å². The zero-order valence-electron chi connectivity index (χ0n) is 21.9. The lowest BCUT2D eigenvalue weighted by Gasteiger charge is -2.38. The second-order valence-corrected chi connectivity index (χ2v) is 14.6. The summed E-state index contributed by atoms with van der Waals surface area (Å²) in [5.41, 5.74) is 5.95. The Labute approximate surface area is 228 Å². The normalized spacial score (nSPS) is 19.5. The molecule has 1 atom stereocenters. The molecular weight excluding hydrogens is 507 g/mol. The Morgan fingerprint density at radius 2 is 1.58 bits per heavy atom. The van der Waals surface area contributed by atoms with Crippen LogP contribution in [0.4, 0.5) is 5.69 Å². The lowest BCUT2D eigenvalue weighted by molar-refractivity contribution is 0.283. The zero-order valence-corrected chi connectivity index (χ0v) is 23.6. The van der Waals surface area contributed by atoms with Crippen molar-refractivity contribution in [2.75, 3.05) is 45.3 Å². The second kappa shape index (κ2) is 8.83. The molecule has 3 aliphatic rings. The van der Waals surface area contributed by atoms with Gasteiger partial charge in [-0.2, -0.15) is 0 Å². The molecule has 3 aliphatic heterocycles. The van der Waals surface area contributed by atoms with Crippen molar-refractivity contribution in [3.05, 3.63) is 106 Å². The summed E-state index contributed by atoms with van der Waals surface area (Å²) in [5.74, 6) is 1.86. The number of rotatable bonds is 2. The van der Waals surface area contributed by atoms with Crippen molar-refractivity contribution in [2.45, 2.75) is 6.92 Å². The molecule has 0 amide bonds. The van der Waals surface area contributed by atoms with Gasteiger partial charge in [0.1, 0.15) is 20.3 Å². The van der Waals surface area contributed by atoms with Crippen molar-refractivity contribution in [1.82, 2.24) is 4.58 Å². The fraction of sp³-hybridized carbons (Fsp3) is 0.219. The summed E-state index contributed by atoms with van der Waals surface area (Å²) in [5, 5.41) is 5.75. The molecule has 4 aromatic carbocycles. The minimum Gasteiger partial charge on any atom is -0.489 e. The molecule has 0 fully saturated rings. The third-order valence-electron chi connectivity index (χ3n) is 8.09. The molecule has 3 heterocycles. The van der Waals surface area contributed by atoms with E-state index in [2.05, 4.69) is 109 Å². The molecule has 0 spiro atoms. The summed E-state index contributed by atoms with van der Waals surface area (Å²) in [7, 11) is 4.28. The molecule has 38 heavy (non-hydrogen) atoms. The topological polar surface area (TPSA) is 24.7 Å². The van der Waals surface area contributed by atoms with Crippen LogP contribution in [0.2, 0.25) is 0 Å². The Morgan fingerprint density at radius 1 is 0.816 bits per heavy atom. The van der Waals surface area contributed by atoms with E-state index in [1.54, 1.807) is 0 Å². The van der Waals surface area contributed by atoms with Crippen LogP contribution in [0.25, 0.3) is 5.57 Å². The molecule has 0 aromatic heterocycles. The van der Waals surface area contributed by atoms with Crippen LogP contribution in [-0.2, 0) is 11.8 Å². The van der Waals surface area contributed by atoms with Crippen LogP contribution in [0, 0.1) is 6.92 Å². The van der Waals surface area contributed by atoms with Gasteiger partial charge in [0.2, 0.25) is 11.1 Å². The molecule has 0 aliphatic carbocycles. The fourth-order valence-electron chi connectivity index (χ4n) is 6.14. The van der Waals surface area contributed by atoms with Gasteiger partial charge in [-0.15, -0.1) is 0 Å². The number of nitrogens with zero attached hydrogens (tertiary/aromatic N) is 2. The summed E-state index contributed by atoms with van der Waals surface area (Å²) in [6.07, 6.45) is 0. The lowest BCUT2D eigenvalue weighted by Crippen LogP contribution is -2.49. The van der Waals surface area contributed by atoms with Gasteiger partial charge in [0, 0.05) is 24.5 Å². The SMILES string of the molecule is Cc1ccccc1C1=c2ccc3c(c2P(=S)(c2ccccc2)c2c1ccc1c2OCCN1C)OCC[N+]=3C. The molecule has 4 aromatic rings. The fourth-order valence-corrected chi connectivity index (χ4v) is 10.9. The lowest BCUT2D eigenvalue weighted by atomic mass is 9.91. The summed E-state index contributed by atoms with van der Waals surface area (Å²) in [4.78, 5) is 2.29. The van der Waals surface area contributed by atoms with Gasteiger partial charge in [-0.05, 0) is 51.8 Å². The average molecular weight is 538 g/mol. The number of benzene rings is 4. The Balaban J connectivity index is 1.76. The molecule has 6 heteroatoms. The van der Waals surface area contributed by atoms with Crippen molar-refractivity contribution in [3.63, 3.8) is 0 Å². The highest BCUT2D eigenvalue weighted by atomic mass is 32.4. The average Bonchev–Trinajstić information content (AvgIpc) is 2.94. The summed E-state index contributed by atoms with van der Waals surface area (Å²) in [6.45, 7) is 5.18. The van der Waals surface area contributed by atoms with Crippen molar-refractivity contribution in [2.24, 2.45) is 0 Å². The van der Waals surface area contributed by atoms with Crippen molar-refractivity contribution in [1.29, 1.82) is 0 Å². The smallest absolute Gasteiger partial charge is 0.243 e. The van der Waals surface area contributed by atoms with E-state index in [0.29, 0.717) is 13.2 Å². The number of likely N-dealkylation sites (N-methyl/N-ethyl adjacent to an activating group) is 2. The molecule has 0 radical (unpaired) electrons.